The molecular formula is C28H27ClF4N2O2Si. The van der Waals surface area contributed by atoms with E-state index in [2.05, 4.69) is 29.4 Å². The van der Waals surface area contributed by atoms with Crippen LogP contribution in [0.5, 0.6) is 5.75 Å². The van der Waals surface area contributed by atoms with Crippen LogP contribution in [0.1, 0.15) is 21.5 Å². The Morgan fingerprint density at radius 1 is 1.03 bits per heavy atom. The van der Waals surface area contributed by atoms with Crippen molar-refractivity contribution < 1.29 is 27.1 Å². The second-order valence-electron chi connectivity index (χ2n) is 10.1. The fourth-order valence-electron chi connectivity index (χ4n) is 4.25. The number of carbonyl (C=O) groups is 1. The van der Waals surface area contributed by atoms with Crippen LogP contribution in [0.2, 0.25) is 24.7 Å². The van der Waals surface area contributed by atoms with Gasteiger partial charge in [0.2, 0.25) is 0 Å². The zero-order valence-corrected chi connectivity index (χ0v) is 22.9. The number of alkyl halides is 3. The van der Waals surface area contributed by atoms with E-state index in [1.165, 1.54) is 34.4 Å². The molecule has 1 amide bonds. The Kier molecular flexibility index (Phi) is 7.90. The van der Waals surface area contributed by atoms with Crippen LogP contribution in [0.4, 0.5) is 17.6 Å². The van der Waals surface area contributed by atoms with Crippen molar-refractivity contribution in [3.63, 3.8) is 0 Å². The van der Waals surface area contributed by atoms with Gasteiger partial charge in [-0.1, -0.05) is 72.8 Å². The Hall–Kier alpha value is -3.30. The molecule has 0 atom stereocenters. The van der Waals surface area contributed by atoms with Crippen molar-refractivity contribution in [2.75, 3.05) is 6.54 Å². The number of ether oxygens (including phenoxy) is 1. The number of hydrogen-bond donors (Lipinski definition) is 1. The van der Waals surface area contributed by atoms with Gasteiger partial charge in [0.25, 0.3) is 5.91 Å². The Morgan fingerprint density at radius 3 is 2.39 bits per heavy atom. The molecule has 4 nitrogen and oxygen atoms in total. The lowest BCUT2D eigenvalue weighted by Gasteiger charge is -2.25. The second-order valence-corrected chi connectivity index (χ2v) is 15.6. The summed E-state index contributed by atoms with van der Waals surface area (Å²) in [5.74, 6) is -1.75. The largest absolute Gasteiger partial charge is 0.573 e. The zero-order valence-electron chi connectivity index (χ0n) is 21.1. The van der Waals surface area contributed by atoms with Crippen molar-refractivity contribution in [3.8, 4) is 5.75 Å². The van der Waals surface area contributed by atoms with Gasteiger partial charge in [-0.3, -0.25) is 4.79 Å². The maximum absolute atomic E-state index is 15.2. The van der Waals surface area contributed by atoms with Crippen LogP contribution >= 0.6 is 11.6 Å². The lowest BCUT2D eigenvalue weighted by molar-refractivity contribution is -0.274. The van der Waals surface area contributed by atoms with E-state index in [4.69, 9.17) is 11.6 Å². The van der Waals surface area contributed by atoms with Gasteiger partial charge < -0.3 is 14.6 Å². The van der Waals surface area contributed by atoms with E-state index >= 15 is 4.39 Å². The summed E-state index contributed by atoms with van der Waals surface area (Å²) in [5.41, 5.74) is 1.54. The van der Waals surface area contributed by atoms with Crippen LogP contribution in [0.3, 0.4) is 0 Å². The lowest BCUT2D eigenvalue weighted by atomic mass is 10.1. The Morgan fingerprint density at radius 2 is 1.74 bits per heavy atom. The van der Waals surface area contributed by atoms with Crippen LogP contribution in [0.25, 0.3) is 10.9 Å². The topological polar surface area (TPSA) is 45.3 Å². The van der Waals surface area contributed by atoms with Crippen LogP contribution in [0, 0.1) is 5.82 Å². The highest BCUT2D eigenvalue weighted by Crippen LogP contribution is 2.29. The van der Waals surface area contributed by atoms with Crippen molar-refractivity contribution in [3.05, 3.63) is 94.4 Å². The lowest BCUT2D eigenvalue weighted by Crippen LogP contribution is -2.37. The maximum atomic E-state index is 15.2. The van der Waals surface area contributed by atoms with Gasteiger partial charge >= 0.3 is 6.36 Å². The summed E-state index contributed by atoms with van der Waals surface area (Å²) >= 11 is 6.10. The van der Waals surface area contributed by atoms with Crippen molar-refractivity contribution in [1.82, 2.24) is 9.88 Å². The number of fused-ring (bicyclic) bond motifs is 1. The molecule has 38 heavy (non-hydrogen) atoms. The summed E-state index contributed by atoms with van der Waals surface area (Å²) < 4.78 is 57.2. The molecule has 1 aromatic heterocycles. The predicted molar refractivity (Wildman–Crippen MR) is 144 cm³/mol. The monoisotopic (exact) mass is 562 g/mol. The van der Waals surface area contributed by atoms with Crippen molar-refractivity contribution in [2.45, 2.75) is 39.0 Å². The smallest absolute Gasteiger partial charge is 0.406 e. The normalized spacial score (nSPS) is 12.1. The van der Waals surface area contributed by atoms with Crippen LogP contribution in [-0.2, 0) is 13.0 Å². The summed E-state index contributed by atoms with van der Waals surface area (Å²) in [6, 6.07) is 16.7. The summed E-state index contributed by atoms with van der Waals surface area (Å²) in [7, 11) is -1.53. The fraction of sp³-hybridized carbons (Fsp3) is 0.250. The standard InChI is InChI=1S/C28H27ClF4N2O2Si/c1-38(2,3)22-9-7-19(8-10-22)17-35(14-12-18-5-4-6-21(15-18)37-28(31,32)33)27(36)24-25(30)23(29)16-20-11-13-34-26(20)24/h4-11,13,15-16,34H,12,14,17H2,1-3H3. The molecule has 0 fully saturated rings. The van der Waals surface area contributed by atoms with Crippen molar-refractivity contribution >= 4 is 41.7 Å². The number of hydrogen-bond acceptors (Lipinski definition) is 2. The molecule has 3 aromatic carbocycles. The fourth-order valence-corrected chi connectivity index (χ4v) is 5.63. The Bertz CT molecular complexity index is 1450. The molecule has 1 N–H and O–H groups in total. The molecule has 10 heteroatoms. The number of carbonyl (C=O) groups excluding carboxylic acids is 1. The number of rotatable bonds is 8. The van der Waals surface area contributed by atoms with Crippen LogP contribution in [0.15, 0.2) is 66.9 Å². The minimum absolute atomic E-state index is 0.123. The molecule has 0 aliphatic rings. The average Bonchev–Trinajstić information content (AvgIpc) is 3.28. The average molecular weight is 563 g/mol. The molecule has 0 radical (unpaired) electrons. The van der Waals surface area contributed by atoms with E-state index in [1.807, 2.05) is 24.3 Å². The number of H-pyrrole nitrogens is 1. The number of amides is 1. The molecular weight excluding hydrogens is 536 g/mol. The molecule has 0 aliphatic heterocycles. The molecule has 0 aliphatic carbocycles. The van der Waals surface area contributed by atoms with E-state index in [-0.39, 0.29) is 35.8 Å². The molecule has 0 bridgehead atoms. The Balaban J connectivity index is 1.65. The summed E-state index contributed by atoms with van der Waals surface area (Å²) in [5, 5.41) is 1.68. The third-order valence-electron chi connectivity index (χ3n) is 6.24. The first-order valence-electron chi connectivity index (χ1n) is 12.0. The van der Waals surface area contributed by atoms with E-state index in [9.17, 15) is 18.0 Å². The first kappa shape index (κ1) is 27.7. The van der Waals surface area contributed by atoms with Gasteiger partial charge in [-0.2, -0.15) is 0 Å². The van der Waals surface area contributed by atoms with Gasteiger partial charge in [-0.25, -0.2) is 4.39 Å². The number of benzene rings is 3. The van der Waals surface area contributed by atoms with Gasteiger partial charge in [-0.05, 0) is 41.8 Å². The molecule has 1 heterocycles. The highest BCUT2D eigenvalue weighted by atomic mass is 35.5. The molecule has 200 valence electrons. The number of aromatic amines is 1. The van der Waals surface area contributed by atoms with E-state index in [1.54, 1.807) is 18.3 Å². The number of nitrogens with zero attached hydrogens (tertiary/aromatic N) is 1. The minimum Gasteiger partial charge on any atom is -0.406 e. The summed E-state index contributed by atoms with van der Waals surface area (Å²) in [6.45, 7) is 7.00. The van der Waals surface area contributed by atoms with Crippen molar-refractivity contribution in [2.24, 2.45) is 0 Å². The minimum atomic E-state index is -4.81. The summed E-state index contributed by atoms with van der Waals surface area (Å²) in [6.07, 6.45) is -2.99. The van der Waals surface area contributed by atoms with E-state index in [0.717, 1.165) is 5.56 Å². The first-order chi connectivity index (χ1) is 17.8. The molecule has 0 unspecified atom stereocenters. The van der Waals surface area contributed by atoms with Gasteiger partial charge in [0, 0.05) is 24.7 Å². The third-order valence-corrected chi connectivity index (χ3v) is 8.58. The number of nitrogens with one attached hydrogen (secondary N) is 1. The molecule has 4 aromatic rings. The molecule has 0 saturated carbocycles. The number of halogens is 5. The van der Waals surface area contributed by atoms with Crippen molar-refractivity contribution in [1.29, 1.82) is 0 Å². The summed E-state index contributed by atoms with van der Waals surface area (Å²) in [4.78, 5) is 18.2. The first-order valence-corrected chi connectivity index (χ1v) is 15.9. The highest BCUT2D eigenvalue weighted by molar-refractivity contribution is 6.88. The van der Waals surface area contributed by atoms with Gasteiger partial charge in [0.05, 0.1) is 18.6 Å². The van der Waals surface area contributed by atoms with Gasteiger partial charge in [0.1, 0.15) is 11.3 Å². The van der Waals surface area contributed by atoms with E-state index < -0.39 is 26.2 Å². The zero-order chi connectivity index (χ0) is 27.7. The second kappa shape index (κ2) is 10.8. The Labute approximate surface area is 224 Å². The van der Waals surface area contributed by atoms with Gasteiger partial charge in [-0.15, -0.1) is 13.2 Å². The molecule has 0 spiro atoms. The molecule has 0 saturated heterocycles. The van der Waals surface area contributed by atoms with E-state index in [0.29, 0.717) is 16.5 Å². The van der Waals surface area contributed by atoms with Crippen LogP contribution in [-0.4, -0.2) is 36.8 Å². The quantitative estimate of drug-likeness (QED) is 0.181. The predicted octanol–water partition coefficient (Wildman–Crippen LogP) is 7.29. The van der Waals surface area contributed by atoms with Gasteiger partial charge in [0.15, 0.2) is 5.82 Å². The maximum Gasteiger partial charge on any atom is 0.573 e. The van der Waals surface area contributed by atoms with Crippen LogP contribution < -0.4 is 9.92 Å². The highest BCUT2D eigenvalue weighted by Gasteiger charge is 2.31. The SMILES string of the molecule is C[Si](C)(C)c1ccc(CN(CCc2cccc(OC(F)(F)F)c2)C(=O)c2c(F)c(Cl)cc3cc[nH]c23)cc1. The number of aromatic nitrogens is 1. The third kappa shape index (κ3) is 6.57. The molecule has 4 rings (SSSR count).